The minimum Gasteiger partial charge on any atom is -0.493 e. The highest BCUT2D eigenvalue weighted by Gasteiger charge is 2.11. The van der Waals surface area contributed by atoms with Crippen molar-refractivity contribution in [1.82, 2.24) is 4.57 Å². The highest BCUT2D eigenvalue weighted by Crippen LogP contribution is 2.32. The summed E-state index contributed by atoms with van der Waals surface area (Å²) in [5.41, 5.74) is 1.62. The molecular weight excluding hydrogens is 343 g/mol. The van der Waals surface area contributed by atoms with Crippen LogP contribution < -0.4 is 14.3 Å². The lowest BCUT2D eigenvalue weighted by molar-refractivity contribution is -0.117. The number of hydrogen-bond donors (Lipinski definition) is 0. The number of halogens is 1. The first-order valence-electron chi connectivity index (χ1n) is 7.55. The van der Waals surface area contributed by atoms with Crippen molar-refractivity contribution in [3.8, 4) is 11.5 Å². The topological polar surface area (TPSA) is 52.8 Å². The van der Waals surface area contributed by atoms with Crippen LogP contribution >= 0.6 is 11.3 Å². The van der Waals surface area contributed by atoms with E-state index < -0.39 is 0 Å². The van der Waals surface area contributed by atoms with Gasteiger partial charge in [-0.05, 0) is 17.7 Å². The Morgan fingerprint density at radius 3 is 2.44 bits per heavy atom. The zero-order chi connectivity index (χ0) is 18.0. The standard InChI is InChI=1S/C18H17FN2O3S/c1-21-13-9-14(23-2)15(24-3)10-16(13)25-18(21)20-17(22)8-11-4-6-12(19)7-5-11/h4-7,9-10H,8H2,1-3H3. The number of hydrogen-bond acceptors (Lipinski definition) is 4. The third-order valence-electron chi connectivity index (χ3n) is 3.80. The quantitative estimate of drug-likeness (QED) is 0.719. The molecule has 0 unspecified atom stereocenters. The van der Waals surface area contributed by atoms with Gasteiger partial charge in [-0.1, -0.05) is 23.5 Å². The van der Waals surface area contributed by atoms with Gasteiger partial charge < -0.3 is 14.0 Å². The maximum Gasteiger partial charge on any atom is 0.252 e. The van der Waals surface area contributed by atoms with Crippen LogP contribution in [-0.2, 0) is 18.3 Å². The molecular formula is C18H17FN2O3S. The van der Waals surface area contributed by atoms with Crippen molar-refractivity contribution in [2.45, 2.75) is 6.42 Å². The summed E-state index contributed by atoms with van der Waals surface area (Å²) in [4.78, 5) is 17.0. The number of ether oxygens (including phenoxy) is 2. The van der Waals surface area contributed by atoms with Crippen molar-refractivity contribution < 1.29 is 18.7 Å². The SMILES string of the molecule is COc1cc2sc(=NC(=O)Cc3ccc(F)cc3)n(C)c2cc1OC. The Labute approximate surface area is 148 Å². The van der Waals surface area contributed by atoms with Gasteiger partial charge in [-0.3, -0.25) is 4.79 Å². The number of carbonyl (C=O) groups is 1. The number of aryl methyl sites for hydroxylation is 1. The summed E-state index contributed by atoms with van der Waals surface area (Å²) in [6, 6.07) is 9.56. The van der Waals surface area contributed by atoms with Crippen molar-refractivity contribution in [1.29, 1.82) is 0 Å². The van der Waals surface area contributed by atoms with Gasteiger partial charge in [0.05, 0.1) is 30.9 Å². The molecule has 3 aromatic rings. The van der Waals surface area contributed by atoms with Gasteiger partial charge in [0.1, 0.15) is 5.82 Å². The first-order valence-corrected chi connectivity index (χ1v) is 8.37. The van der Waals surface area contributed by atoms with Crippen LogP contribution in [0.25, 0.3) is 10.2 Å². The lowest BCUT2D eigenvalue weighted by atomic mass is 10.1. The molecule has 0 saturated heterocycles. The van der Waals surface area contributed by atoms with Gasteiger partial charge in [-0.25, -0.2) is 4.39 Å². The summed E-state index contributed by atoms with van der Waals surface area (Å²) >= 11 is 1.39. The maximum absolute atomic E-state index is 12.9. The first kappa shape index (κ1) is 17.2. The molecule has 0 bridgehead atoms. The number of fused-ring (bicyclic) bond motifs is 1. The van der Waals surface area contributed by atoms with Crippen molar-refractivity contribution >= 4 is 27.5 Å². The molecule has 0 aliphatic carbocycles. The highest BCUT2D eigenvalue weighted by molar-refractivity contribution is 7.16. The predicted octanol–water partition coefficient (Wildman–Crippen LogP) is 3.07. The van der Waals surface area contributed by atoms with E-state index in [9.17, 15) is 9.18 Å². The summed E-state index contributed by atoms with van der Waals surface area (Å²) in [6.45, 7) is 0. The molecule has 0 atom stereocenters. The normalized spacial score (nSPS) is 11.8. The molecule has 0 aliphatic rings. The second-order valence-corrected chi connectivity index (χ2v) is 6.44. The minimum absolute atomic E-state index is 0.126. The van der Waals surface area contributed by atoms with Crippen LogP contribution in [0.5, 0.6) is 11.5 Å². The number of rotatable bonds is 4. The fourth-order valence-corrected chi connectivity index (χ4v) is 3.53. The van der Waals surface area contributed by atoms with E-state index in [-0.39, 0.29) is 18.1 Å². The zero-order valence-corrected chi connectivity index (χ0v) is 14.9. The number of aromatic nitrogens is 1. The lowest BCUT2D eigenvalue weighted by Gasteiger charge is -2.07. The van der Waals surface area contributed by atoms with Crippen LogP contribution in [0.3, 0.4) is 0 Å². The summed E-state index contributed by atoms with van der Waals surface area (Å²) in [7, 11) is 5.00. The van der Waals surface area contributed by atoms with Gasteiger partial charge in [0.15, 0.2) is 16.3 Å². The Balaban J connectivity index is 1.97. The van der Waals surface area contributed by atoms with E-state index in [0.29, 0.717) is 16.3 Å². The molecule has 0 aliphatic heterocycles. The molecule has 0 N–H and O–H groups in total. The summed E-state index contributed by atoms with van der Waals surface area (Å²) < 4.78 is 26.3. The first-order chi connectivity index (χ1) is 12.0. The van der Waals surface area contributed by atoms with Gasteiger partial charge in [-0.2, -0.15) is 4.99 Å². The molecule has 25 heavy (non-hydrogen) atoms. The van der Waals surface area contributed by atoms with Crippen LogP contribution in [0.2, 0.25) is 0 Å². The predicted molar refractivity (Wildman–Crippen MR) is 94.6 cm³/mol. The number of nitrogens with zero attached hydrogens (tertiary/aromatic N) is 2. The van der Waals surface area contributed by atoms with E-state index in [1.165, 1.54) is 23.5 Å². The number of methoxy groups -OCH3 is 2. The smallest absolute Gasteiger partial charge is 0.252 e. The van der Waals surface area contributed by atoms with E-state index in [0.717, 1.165) is 15.8 Å². The molecule has 0 fully saturated rings. The second-order valence-electron chi connectivity index (χ2n) is 5.43. The number of benzene rings is 2. The highest BCUT2D eigenvalue weighted by atomic mass is 32.1. The minimum atomic E-state index is -0.327. The van der Waals surface area contributed by atoms with E-state index in [2.05, 4.69) is 4.99 Å². The van der Waals surface area contributed by atoms with Crippen LogP contribution in [0.1, 0.15) is 5.56 Å². The zero-order valence-electron chi connectivity index (χ0n) is 14.1. The van der Waals surface area contributed by atoms with E-state index in [1.807, 2.05) is 23.7 Å². The molecule has 0 radical (unpaired) electrons. The molecule has 130 valence electrons. The largest absolute Gasteiger partial charge is 0.493 e. The fraction of sp³-hybridized carbons (Fsp3) is 0.222. The lowest BCUT2D eigenvalue weighted by Crippen LogP contribution is -2.14. The molecule has 1 amide bonds. The Bertz CT molecular complexity index is 990. The molecule has 3 rings (SSSR count). The maximum atomic E-state index is 12.9. The summed E-state index contributed by atoms with van der Waals surface area (Å²) in [5.74, 6) is 0.633. The number of amides is 1. The molecule has 0 saturated carbocycles. The van der Waals surface area contributed by atoms with E-state index >= 15 is 0 Å². The molecule has 7 heteroatoms. The fourth-order valence-electron chi connectivity index (χ4n) is 2.48. The van der Waals surface area contributed by atoms with Crippen molar-refractivity contribution in [2.75, 3.05) is 14.2 Å². The van der Waals surface area contributed by atoms with Crippen LogP contribution in [0.15, 0.2) is 41.4 Å². The molecule has 0 spiro atoms. The van der Waals surface area contributed by atoms with Crippen molar-refractivity contribution in [3.63, 3.8) is 0 Å². The van der Waals surface area contributed by atoms with Crippen LogP contribution in [0, 0.1) is 5.82 Å². The Morgan fingerprint density at radius 2 is 1.80 bits per heavy atom. The van der Waals surface area contributed by atoms with E-state index in [1.54, 1.807) is 26.4 Å². The van der Waals surface area contributed by atoms with Gasteiger partial charge >= 0.3 is 0 Å². The third-order valence-corrected chi connectivity index (χ3v) is 4.90. The molecule has 5 nitrogen and oxygen atoms in total. The number of carbonyl (C=O) groups excluding carboxylic acids is 1. The Morgan fingerprint density at radius 1 is 1.16 bits per heavy atom. The Kier molecular flexibility index (Phi) is 4.85. The van der Waals surface area contributed by atoms with Gasteiger partial charge in [0.25, 0.3) is 5.91 Å². The average molecular weight is 360 g/mol. The van der Waals surface area contributed by atoms with Gasteiger partial charge in [0, 0.05) is 19.2 Å². The van der Waals surface area contributed by atoms with Gasteiger partial charge in [-0.15, -0.1) is 0 Å². The third kappa shape index (κ3) is 3.56. The Hall–Kier alpha value is -2.67. The van der Waals surface area contributed by atoms with Crippen LogP contribution in [-0.4, -0.2) is 24.7 Å². The second kappa shape index (κ2) is 7.06. The summed E-state index contributed by atoms with van der Waals surface area (Å²) in [5, 5.41) is 0. The molecule has 1 heterocycles. The molecule has 1 aromatic heterocycles. The van der Waals surface area contributed by atoms with E-state index in [4.69, 9.17) is 9.47 Å². The van der Waals surface area contributed by atoms with Gasteiger partial charge in [0.2, 0.25) is 0 Å². The summed E-state index contributed by atoms with van der Waals surface area (Å²) in [6.07, 6.45) is 0.126. The van der Waals surface area contributed by atoms with Crippen LogP contribution in [0.4, 0.5) is 4.39 Å². The average Bonchev–Trinajstić information content (AvgIpc) is 2.90. The molecule has 2 aromatic carbocycles. The monoisotopic (exact) mass is 360 g/mol. The number of thiazole rings is 1. The van der Waals surface area contributed by atoms with Crippen molar-refractivity contribution in [2.24, 2.45) is 12.0 Å². The van der Waals surface area contributed by atoms with Crippen molar-refractivity contribution in [3.05, 3.63) is 52.6 Å².